The zero-order chi connectivity index (χ0) is 22.3. The van der Waals surface area contributed by atoms with Crippen molar-refractivity contribution in [2.45, 2.75) is 24.6 Å². The second-order valence-corrected chi connectivity index (χ2v) is 7.38. The quantitative estimate of drug-likeness (QED) is 0.712. The smallest absolute Gasteiger partial charge is 0.352 e. The van der Waals surface area contributed by atoms with Crippen LogP contribution in [0, 0.1) is 5.82 Å². The molecule has 2 aromatic rings. The van der Waals surface area contributed by atoms with Gasteiger partial charge in [0.1, 0.15) is 17.1 Å². The third kappa shape index (κ3) is 3.79. The zero-order valence-corrected chi connectivity index (χ0v) is 16.4. The number of carbonyl (C=O) groups excluding carboxylic acids is 2. The van der Waals surface area contributed by atoms with Gasteiger partial charge in [0.2, 0.25) is 5.91 Å². The predicted molar refractivity (Wildman–Crippen MR) is 100 cm³/mol. The standard InChI is InChI=1S/C19H17ClF4N4O2/c1-18(16(29)26-6-7-28(18)17(25)30)15(10-2-4-13(21)12(20)8-10)11-3-5-14(27-9-11)19(22,23)24/h2-5,8-9,15H,6-7H2,1H3,(H2,25,30)(H,26,29)/t15-,18?/m0/s1. The molecule has 2 atom stereocenters. The van der Waals surface area contributed by atoms with Crippen LogP contribution in [0.25, 0.3) is 0 Å². The highest BCUT2D eigenvalue weighted by Crippen LogP contribution is 2.41. The number of nitrogens with one attached hydrogen (secondary N) is 1. The van der Waals surface area contributed by atoms with E-state index in [1.54, 1.807) is 0 Å². The third-order valence-corrected chi connectivity index (χ3v) is 5.45. The second kappa shape index (κ2) is 7.75. The van der Waals surface area contributed by atoms with Crippen LogP contribution in [0.5, 0.6) is 0 Å². The van der Waals surface area contributed by atoms with Crippen LogP contribution in [0.15, 0.2) is 36.5 Å². The lowest BCUT2D eigenvalue weighted by atomic mass is 9.74. The van der Waals surface area contributed by atoms with Crippen molar-refractivity contribution >= 4 is 23.5 Å². The summed E-state index contributed by atoms with van der Waals surface area (Å²) in [5.74, 6) is -2.31. The molecule has 1 aromatic heterocycles. The first kappa shape index (κ1) is 21.8. The molecule has 1 saturated heterocycles. The number of pyridine rings is 1. The number of hydrogen-bond acceptors (Lipinski definition) is 3. The predicted octanol–water partition coefficient (Wildman–Crippen LogP) is 3.29. The summed E-state index contributed by atoms with van der Waals surface area (Å²) in [5, 5.41) is 2.40. The Morgan fingerprint density at radius 2 is 1.97 bits per heavy atom. The number of alkyl halides is 3. The van der Waals surface area contributed by atoms with Crippen LogP contribution in [-0.4, -0.2) is 40.5 Å². The highest BCUT2D eigenvalue weighted by atomic mass is 35.5. The molecule has 3 N–H and O–H groups in total. The summed E-state index contributed by atoms with van der Waals surface area (Å²) in [6.45, 7) is 1.67. The van der Waals surface area contributed by atoms with E-state index in [9.17, 15) is 27.2 Å². The first-order valence-electron chi connectivity index (χ1n) is 8.79. The monoisotopic (exact) mass is 444 g/mol. The number of rotatable bonds is 3. The largest absolute Gasteiger partial charge is 0.433 e. The Hall–Kier alpha value is -2.88. The lowest BCUT2D eigenvalue weighted by molar-refractivity contribution is -0.141. The Balaban J connectivity index is 2.22. The Morgan fingerprint density at radius 3 is 2.50 bits per heavy atom. The number of halogens is 5. The van der Waals surface area contributed by atoms with E-state index in [0.29, 0.717) is 5.56 Å². The van der Waals surface area contributed by atoms with E-state index in [0.717, 1.165) is 29.3 Å². The summed E-state index contributed by atoms with van der Waals surface area (Å²) in [5.41, 5.74) is 3.23. The van der Waals surface area contributed by atoms with Crippen LogP contribution in [-0.2, 0) is 11.0 Å². The molecule has 0 aliphatic carbocycles. The Bertz CT molecular complexity index is 983. The zero-order valence-electron chi connectivity index (χ0n) is 15.6. The molecule has 1 aliphatic heterocycles. The van der Waals surface area contributed by atoms with Gasteiger partial charge < -0.3 is 16.0 Å². The van der Waals surface area contributed by atoms with Gasteiger partial charge in [-0.2, -0.15) is 13.2 Å². The van der Waals surface area contributed by atoms with Gasteiger partial charge in [0.15, 0.2) is 0 Å². The number of amides is 3. The molecular weight excluding hydrogens is 428 g/mol. The molecule has 160 valence electrons. The number of aromatic nitrogens is 1. The van der Waals surface area contributed by atoms with Gasteiger partial charge in [-0.15, -0.1) is 0 Å². The minimum absolute atomic E-state index is 0.0804. The van der Waals surface area contributed by atoms with Crippen LogP contribution in [0.1, 0.15) is 29.7 Å². The van der Waals surface area contributed by atoms with E-state index in [4.69, 9.17) is 17.3 Å². The maximum Gasteiger partial charge on any atom is 0.433 e. The number of primary amides is 1. The van der Waals surface area contributed by atoms with Crippen molar-refractivity contribution in [2.24, 2.45) is 5.73 Å². The summed E-state index contributed by atoms with van der Waals surface area (Å²) in [7, 11) is 0. The van der Waals surface area contributed by atoms with E-state index < -0.39 is 41.1 Å². The number of piperazine rings is 1. The Labute approximate surface area is 174 Å². The number of urea groups is 1. The molecule has 3 amide bonds. The summed E-state index contributed by atoms with van der Waals surface area (Å²) < 4.78 is 52.6. The fourth-order valence-corrected chi connectivity index (χ4v) is 3.91. The lowest BCUT2D eigenvalue weighted by Gasteiger charge is -2.47. The number of hydrogen-bond donors (Lipinski definition) is 2. The average molecular weight is 445 g/mol. The highest BCUT2D eigenvalue weighted by Gasteiger charge is 2.51. The molecule has 1 fully saturated rings. The van der Waals surface area contributed by atoms with Crippen molar-refractivity contribution < 1.29 is 27.2 Å². The normalized spacial score (nSPS) is 20.6. The van der Waals surface area contributed by atoms with Crippen molar-refractivity contribution in [3.8, 4) is 0 Å². The summed E-state index contributed by atoms with van der Waals surface area (Å²) in [6.07, 6.45) is -3.68. The molecule has 1 aliphatic rings. The van der Waals surface area contributed by atoms with E-state index in [1.807, 2.05) is 0 Å². The van der Waals surface area contributed by atoms with Gasteiger partial charge >= 0.3 is 12.2 Å². The second-order valence-electron chi connectivity index (χ2n) is 6.97. The minimum Gasteiger partial charge on any atom is -0.352 e. The van der Waals surface area contributed by atoms with Crippen LogP contribution in [0.2, 0.25) is 5.02 Å². The maximum absolute atomic E-state index is 13.7. The molecule has 2 heterocycles. The first-order valence-corrected chi connectivity index (χ1v) is 9.17. The van der Waals surface area contributed by atoms with Crippen LogP contribution < -0.4 is 11.1 Å². The molecule has 1 unspecified atom stereocenters. The maximum atomic E-state index is 13.7. The SMILES string of the molecule is CC1([C@H](c2ccc(C(F)(F)F)nc2)c2ccc(F)c(Cl)c2)C(=O)NCCN1C(N)=O. The van der Waals surface area contributed by atoms with Gasteiger partial charge in [-0.3, -0.25) is 9.78 Å². The summed E-state index contributed by atoms with van der Waals surface area (Å²) >= 11 is 5.90. The number of carbonyl (C=O) groups is 2. The Morgan fingerprint density at radius 1 is 1.30 bits per heavy atom. The molecule has 0 bridgehead atoms. The van der Waals surface area contributed by atoms with Crippen LogP contribution in [0.3, 0.4) is 0 Å². The summed E-state index contributed by atoms with van der Waals surface area (Å²) in [6, 6.07) is 4.71. The van der Waals surface area contributed by atoms with E-state index in [1.165, 1.54) is 19.1 Å². The van der Waals surface area contributed by atoms with Crippen LogP contribution in [0.4, 0.5) is 22.4 Å². The minimum atomic E-state index is -4.65. The number of nitrogens with two attached hydrogens (primary N) is 1. The van der Waals surface area contributed by atoms with Gasteiger partial charge in [0, 0.05) is 25.2 Å². The molecule has 0 radical (unpaired) electrons. The molecule has 1 aromatic carbocycles. The molecule has 0 spiro atoms. The van der Waals surface area contributed by atoms with Crippen molar-refractivity contribution in [3.63, 3.8) is 0 Å². The molecule has 6 nitrogen and oxygen atoms in total. The number of benzene rings is 1. The lowest BCUT2D eigenvalue weighted by Crippen LogP contribution is -2.68. The van der Waals surface area contributed by atoms with Crippen LogP contribution >= 0.6 is 11.6 Å². The van der Waals surface area contributed by atoms with Gasteiger partial charge in [0.05, 0.1) is 5.02 Å². The molecule has 11 heteroatoms. The van der Waals surface area contributed by atoms with Crippen molar-refractivity contribution in [1.29, 1.82) is 0 Å². The highest BCUT2D eigenvalue weighted by molar-refractivity contribution is 6.30. The van der Waals surface area contributed by atoms with Gasteiger partial charge in [-0.25, -0.2) is 9.18 Å². The van der Waals surface area contributed by atoms with E-state index in [-0.39, 0.29) is 23.7 Å². The van der Waals surface area contributed by atoms with Gasteiger partial charge in [-0.05, 0) is 36.2 Å². The molecule has 30 heavy (non-hydrogen) atoms. The fourth-order valence-electron chi connectivity index (χ4n) is 3.72. The fraction of sp³-hybridized carbons (Fsp3) is 0.316. The summed E-state index contributed by atoms with van der Waals surface area (Å²) in [4.78, 5) is 29.6. The van der Waals surface area contributed by atoms with Crippen molar-refractivity contribution in [1.82, 2.24) is 15.2 Å². The van der Waals surface area contributed by atoms with Crippen molar-refractivity contribution in [3.05, 3.63) is 64.2 Å². The van der Waals surface area contributed by atoms with Gasteiger partial charge in [0.25, 0.3) is 0 Å². The Kier molecular flexibility index (Phi) is 5.64. The number of nitrogens with zero attached hydrogens (tertiary/aromatic N) is 2. The average Bonchev–Trinajstić information content (AvgIpc) is 2.66. The van der Waals surface area contributed by atoms with Gasteiger partial charge in [-0.1, -0.05) is 23.7 Å². The van der Waals surface area contributed by atoms with E-state index in [2.05, 4.69) is 10.3 Å². The molecule has 0 saturated carbocycles. The van der Waals surface area contributed by atoms with E-state index >= 15 is 0 Å². The van der Waals surface area contributed by atoms with Crippen molar-refractivity contribution in [2.75, 3.05) is 13.1 Å². The molecule has 3 rings (SSSR count). The topological polar surface area (TPSA) is 88.3 Å². The molecular formula is C19H17ClF4N4O2. The third-order valence-electron chi connectivity index (χ3n) is 5.16. The first-order chi connectivity index (χ1) is 14.0.